The molecule has 1 atom stereocenters. The molecule has 1 aromatic heterocycles. The van der Waals surface area contributed by atoms with E-state index in [2.05, 4.69) is 34.5 Å². The van der Waals surface area contributed by atoms with Crippen molar-refractivity contribution in [2.24, 2.45) is 0 Å². The molecular weight excluding hydrogens is 264 g/mol. The van der Waals surface area contributed by atoms with E-state index < -0.39 is 0 Å². The summed E-state index contributed by atoms with van der Waals surface area (Å²) < 4.78 is 0. The Kier molecular flexibility index (Phi) is 5.99. The van der Waals surface area contributed by atoms with Crippen molar-refractivity contribution in [2.75, 3.05) is 32.0 Å². The van der Waals surface area contributed by atoms with Gasteiger partial charge in [-0.2, -0.15) is 0 Å². The van der Waals surface area contributed by atoms with E-state index in [1.807, 2.05) is 12.1 Å². The number of piperidine rings is 1. The van der Waals surface area contributed by atoms with Crippen LogP contribution in [0.4, 0.5) is 5.82 Å². The summed E-state index contributed by atoms with van der Waals surface area (Å²) in [6.45, 7) is 4.79. The molecule has 0 radical (unpaired) electrons. The van der Waals surface area contributed by atoms with Gasteiger partial charge in [0.05, 0.1) is 0 Å². The first-order chi connectivity index (χ1) is 10.2. The molecule has 116 valence electrons. The number of likely N-dealkylation sites (N-methyl/N-ethyl adjacent to an activating group) is 1. The molecule has 21 heavy (non-hydrogen) atoms. The van der Waals surface area contributed by atoms with Crippen LogP contribution >= 0.6 is 0 Å². The minimum atomic E-state index is -0.0888. The molecule has 0 aromatic carbocycles. The number of hydrogen-bond acceptors (Lipinski definition) is 4. The normalized spacial score (nSPS) is 19.2. The van der Waals surface area contributed by atoms with Crippen molar-refractivity contribution in [3.05, 3.63) is 23.9 Å². The van der Waals surface area contributed by atoms with Gasteiger partial charge in [0.2, 0.25) is 0 Å². The third kappa shape index (κ3) is 4.70. The Labute approximate surface area is 127 Å². The summed E-state index contributed by atoms with van der Waals surface area (Å²) >= 11 is 0. The summed E-state index contributed by atoms with van der Waals surface area (Å²) in [5.74, 6) is 0.674. The molecule has 2 heterocycles. The van der Waals surface area contributed by atoms with Crippen molar-refractivity contribution in [2.45, 2.75) is 38.6 Å². The Morgan fingerprint density at radius 2 is 2.29 bits per heavy atom. The third-order valence-electron chi connectivity index (χ3n) is 3.96. The second kappa shape index (κ2) is 7.98. The number of amides is 1. The summed E-state index contributed by atoms with van der Waals surface area (Å²) in [7, 11) is 2.13. The van der Waals surface area contributed by atoms with Crippen molar-refractivity contribution < 1.29 is 4.79 Å². The van der Waals surface area contributed by atoms with Gasteiger partial charge in [0, 0.05) is 19.1 Å². The van der Waals surface area contributed by atoms with Crippen molar-refractivity contribution in [1.29, 1.82) is 0 Å². The zero-order chi connectivity index (χ0) is 15.1. The van der Waals surface area contributed by atoms with Crippen molar-refractivity contribution in [3.8, 4) is 0 Å². The van der Waals surface area contributed by atoms with E-state index in [0.29, 0.717) is 18.3 Å². The highest BCUT2D eigenvalue weighted by atomic mass is 16.1. The van der Waals surface area contributed by atoms with Gasteiger partial charge in [-0.1, -0.05) is 19.4 Å². The van der Waals surface area contributed by atoms with Gasteiger partial charge in [0.25, 0.3) is 5.91 Å². The highest BCUT2D eigenvalue weighted by Gasteiger charge is 2.19. The van der Waals surface area contributed by atoms with E-state index >= 15 is 0 Å². The number of nitrogens with one attached hydrogen (secondary N) is 2. The van der Waals surface area contributed by atoms with E-state index in [-0.39, 0.29) is 5.91 Å². The Morgan fingerprint density at radius 1 is 1.43 bits per heavy atom. The van der Waals surface area contributed by atoms with Gasteiger partial charge in [-0.3, -0.25) is 4.79 Å². The molecule has 0 saturated carbocycles. The first-order valence-corrected chi connectivity index (χ1v) is 7.90. The fourth-order valence-electron chi connectivity index (χ4n) is 2.62. The molecule has 1 aliphatic rings. The summed E-state index contributed by atoms with van der Waals surface area (Å²) in [5, 5.41) is 6.21. The Balaban J connectivity index is 1.87. The third-order valence-corrected chi connectivity index (χ3v) is 3.96. The van der Waals surface area contributed by atoms with Crippen molar-refractivity contribution >= 4 is 11.7 Å². The average molecular weight is 290 g/mol. The lowest BCUT2D eigenvalue weighted by Gasteiger charge is -2.32. The Bertz CT molecular complexity index is 463. The van der Waals surface area contributed by atoms with E-state index in [9.17, 15) is 4.79 Å². The van der Waals surface area contributed by atoms with Crippen molar-refractivity contribution in [1.82, 2.24) is 15.2 Å². The number of nitrogens with zero attached hydrogens (tertiary/aromatic N) is 2. The van der Waals surface area contributed by atoms with Crippen LogP contribution < -0.4 is 10.6 Å². The smallest absolute Gasteiger partial charge is 0.270 e. The molecule has 0 aliphatic carbocycles. The van der Waals surface area contributed by atoms with Crippen LogP contribution in [-0.4, -0.2) is 48.5 Å². The number of pyridine rings is 1. The van der Waals surface area contributed by atoms with Crippen LogP contribution in [0.25, 0.3) is 0 Å². The second-order valence-electron chi connectivity index (χ2n) is 5.68. The number of carbonyl (C=O) groups is 1. The zero-order valence-corrected chi connectivity index (χ0v) is 13.1. The van der Waals surface area contributed by atoms with Crippen LogP contribution in [0.5, 0.6) is 0 Å². The molecule has 1 unspecified atom stereocenters. The number of hydrogen-bond donors (Lipinski definition) is 2. The molecule has 0 bridgehead atoms. The summed E-state index contributed by atoms with van der Waals surface area (Å²) in [5.41, 5.74) is 0.481. The second-order valence-corrected chi connectivity index (χ2v) is 5.68. The SMILES string of the molecule is CCCNc1cccc(C(=O)NCC2CCCCN2C)n1. The van der Waals surface area contributed by atoms with E-state index in [0.717, 1.165) is 31.7 Å². The molecule has 2 rings (SSSR count). The molecule has 1 aliphatic heterocycles. The minimum Gasteiger partial charge on any atom is -0.370 e. The number of aromatic nitrogens is 1. The predicted molar refractivity (Wildman–Crippen MR) is 85.6 cm³/mol. The van der Waals surface area contributed by atoms with Crippen LogP contribution in [-0.2, 0) is 0 Å². The predicted octanol–water partition coefficient (Wildman–Crippen LogP) is 2.12. The molecule has 5 nitrogen and oxygen atoms in total. The number of likely N-dealkylation sites (tertiary alicyclic amines) is 1. The fourth-order valence-corrected chi connectivity index (χ4v) is 2.62. The monoisotopic (exact) mass is 290 g/mol. The lowest BCUT2D eigenvalue weighted by atomic mass is 10.0. The van der Waals surface area contributed by atoms with Gasteiger partial charge in [-0.25, -0.2) is 4.98 Å². The quantitative estimate of drug-likeness (QED) is 0.842. The summed E-state index contributed by atoms with van der Waals surface area (Å²) in [6, 6.07) is 5.97. The highest BCUT2D eigenvalue weighted by molar-refractivity contribution is 5.92. The van der Waals surface area contributed by atoms with Gasteiger partial charge < -0.3 is 15.5 Å². The molecular formula is C16H26N4O. The van der Waals surface area contributed by atoms with E-state index in [1.165, 1.54) is 12.8 Å². The summed E-state index contributed by atoms with van der Waals surface area (Å²) in [6.07, 6.45) is 4.70. The topological polar surface area (TPSA) is 57.3 Å². The van der Waals surface area contributed by atoms with E-state index in [1.54, 1.807) is 6.07 Å². The molecule has 1 aromatic rings. The van der Waals surface area contributed by atoms with Crippen LogP contribution in [0.15, 0.2) is 18.2 Å². The number of rotatable bonds is 6. The fraction of sp³-hybridized carbons (Fsp3) is 0.625. The van der Waals surface area contributed by atoms with Crippen molar-refractivity contribution in [3.63, 3.8) is 0 Å². The maximum atomic E-state index is 12.2. The zero-order valence-electron chi connectivity index (χ0n) is 13.1. The average Bonchev–Trinajstić information content (AvgIpc) is 2.52. The molecule has 1 fully saturated rings. The van der Waals surface area contributed by atoms with Crippen LogP contribution in [0.2, 0.25) is 0 Å². The Hall–Kier alpha value is -1.62. The van der Waals surface area contributed by atoms with Gasteiger partial charge >= 0.3 is 0 Å². The molecule has 2 N–H and O–H groups in total. The standard InChI is InChI=1S/C16H26N4O/c1-3-10-17-15-9-6-8-14(19-15)16(21)18-12-13-7-4-5-11-20(13)2/h6,8-9,13H,3-5,7,10-12H2,1-2H3,(H,17,19)(H,18,21). The lowest BCUT2D eigenvalue weighted by molar-refractivity contribution is 0.0923. The van der Waals surface area contributed by atoms with Gasteiger partial charge in [-0.05, 0) is 45.0 Å². The molecule has 0 spiro atoms. The van der Waals surface area contributed by atoms with Crippen LogP contribution in [0, 0.1) is 0 Å². The maximum absolute atomic E-state index is 12.2. The van der Waals surface area contributed by atoms with Gasteiger partial charge in [-0.15, -0.1) is 0 Å². The van der Waals surface area contributed by atoms with Gasteiger partial charge in [0.1, 0.15) is 11.5 Å². The lowest BCUT2D eigenvalue weighted by Crippen LogP contribution is -2.44. The van der Waals surface area contributed by atoms with E-state index in [4.69, 9.17) is 0 Å². The number of carbonyl (C=O) groups excluding carboxylic acids is 1. The molecule has 5 heteroatoms. The maximum Gasteiger partial charge on any atom is 0.270 e. The summed E-state index contributed by atoms with van der Waals surface area (Å²) in [4.78, 5) is 18.9. The largest absolute Gasteiger partial charge is 0.370 e. The molecule has 1 amide bonds. The first-order valence-electron chi connectivity index (χ1n) is 7.90. The van der Waals surface area contributed by atoms with Gasteiger partial charge in [0.15, 0.2) is 0 Å². The minimum absolute atomic E-state index is 0.0888. The van der Waals surface area contributed by atoms with Crippen LogP contribution in [0.3, 0.4) is 0 Å². The Morgan fingerprint density at radius 3 is 3.05 bits per heavy atom. The highest BCUT2D eigenvalue weighted by Crippen LogP contribution is 2.14. The first kappa shape index (κ1) is 15.8. The number of anilines is 1. The van der Waals surface area contributed by atoms with Crippen LogP contribution in [0.1, 0.15) is 43.1 Å². The molecule has 1 saturated heterocycles.